The number of benzene rings is 1. The summed E-state index contributed by atoms with van der Waals surface area (Å²) in [6.07, 6.45) is 2.78. The van der Waals surface area contributed by atoms with Crippen LogP contribution < -0.4 is 15.4 Å². The Balaban J connectivity index is 1.95. The van der Waals surface area contributed by atoms with Crippen LogP contribution in [0.1, 0.15) is 41.9 Å². The van der Waals surface area contributed by atoms with Crippen LogP contribution in [0, 0.1) is 6.92 Å². The number of methoxy groups -OCH3 is 1. The topological polar surface area (TPSA) is 63.5 Å². The molecule has 27 heavy (non-hydrogen) atoms. The lowest BCUT2D eigenvalue weighted by atomic mass is 10.1. The summed E-state index contributed by atoms with van der Waals surface area (Å²) < 4.78 is 7.46. The summed E-state index contributed by atoms with van der Waals surface area (Å²) >= 11 is 0. The lowest BCUT2D eigenvalue weighted by Crippen LogP contribution is -2.38. The molecule has 0 spiro atoms. The van der Waals surface area contributed by atoms with Gasteiger partial charge in [0.25, 0.3) is 0 Å². The van der Waals surface area contributed by atoms with Gasteiger partial charge in [-0.25, -0.2) is 0 Å². The number of aliphatic imine (C=N–C) groups is 1. The normalized spacial score (nSPS) is 11.6. The molecule has 0 saturated heterocycles. The molecule has 0 amide bonds. The first-order valence-corrected chi connectivity index (χ1v) is 9.65. The molecule has 2 N–H and O–H groups in total. The van der Waals surface area contributed by atoms with E-state index in [9.17, 15) is 0 Å². The monoisotopic (exact) mass is 371 g/mol. The lowest BCUT2D eigenvalue weighted by Gasteiger charge is -2.14. The second kappa shape index (κ2) is 10.00. The number of ether oxygens (including phenoxy) is 1. The van der Waals surface area contributed by atoms with E-state index in [1.165, 1.54) is 22.4 Å². The van der Waals surface area contributed by atoms with E-state index in [-0.39, 0.29) is 0 Å². The van der Waals surface area contributed by atoms with Gasteiger partial charge in [0, 0.05) is 38.4 Å². The van der Waals surface area contributed by atoms with Crippen molar-refractivity contribution in [2.45, 2.75) is 46.6 Å². The molecule has 0 saturated carbocycles. The van der Waals surface area contributed by atoms with Crippen molar-refractivity contribution in [3.8, 4) is 5.75 Å². The first-order valence-electron chi connectivity index (χ1n) is 9.65. The van der Waals surface area contributed by atoms with Gasteiger partial charge in [-0.15, -0.1) is 0 Å². The summed E-state index contributed by atoms with van der Waals surface area (Å²) in [5.74, 6) is 1.73. The molecular weight excluding hydrogens is 338 g/mol. The van der Waals surface area contributed by atoms with Crippen molar-refractivity contribution in [3.05, 3.63) is 46.3 Å². The number of guanidine groups is 1. The number of nitrogens with zero attached hydrogens (tertiary/aromatic N) is 3. The van der Waals surface area contributed by atoms with E-state index in [2.05, 4.69) is 53.6 Å². The molecule has 6 nitrogen and oxygen atoms in total. The highest BCUT2D eigenvalue weighted by atomic mass is 16.5. The fraction of sp³-hybridized carbons (Fsp3) is 0.524. The summed E-state index contributed by atoms with van der Waals surface area (Å²) in [6.45, 7) is 7.93. The Hall–Kier alpha value is -2.50. The maximum absolute atomic E-state index is 5.46. The van der Waals surface area contributed by atoms with Gasteiger partial charge in [0.15, 0.2) is 5.96 Å². The van der Waals surface area contributed by atoms with Gasteiger partial charge < -0.3 is 15.4 Å². The van der Waals surface area contributed by atoms with Crippen LogP contribution in [0.2, 0.25) is 0 Å². The first kappa shape index (κ1) is 20.8. The average Bonchev–Trinajstić information content (AvgIpc) is 2.99. The highest BCUT2D eigenvalue weighted by Gasteiger charge is 2.13. The van der Waals surface area contributed by atoms with E-state index in [1.807, 2.05) is 17.8 Å². The van der Waals surface area contributed by atoms with Crippen molar-refractivity contribution in [2.75, 3.05) is 20.7 Å². The van der Waals surface area contributed by atoms with Crippen LogP contribution in [0.5, 0.6) is 5.75 Å². The second-order valence-corrected chi connectivity index (χ2v) is 6.62. The van der Waals surface area contributed by atoms with Crippen molar-refractivity contribution >= 4 is 5.96 Å². The smallest absolute Gasteiger partial charge is 0.191 e. The van der Waals surface area contributed by atoms with Gasteiger partial charge in [-0.2, -0.15) is 5.10 Å². The molecule has 0 aliphatic heterocycles. The molecule has 1 aromatic carbocycles. The van der Waals surface area contributed by atoms with E-state index in [1.54, 1.807) is 14.2 Å². The number of aromatic nitrogens is 2. The largest absolute Gasteiger partial charge is 0.496 e. The number of aryl methyl sites for hydroxylation is 3. The predicted octanol–water partition coefficient (Wildman–Crippen LogP) is 2.77. The van der Waals surface area contributed by atoms with Crippen LogP contribution in [-0.4, -0.2) is 36.4 Å². The number of hydrogen-bond donors (Lipinski definition) is 2. The zero-order chi connectivity index (χ0) is 19.8. The Labute approximate surface area is 163 Å². The summed E-state index contributed by atoms with van der Waals surface area (Å²) in [5.41, 5.74) is 6.16. The predicted molar refractivity (Wildman–Crippen MR) is 112 cm³/mol. The van der Waals surface area contributed by atoms with Crippen molar-refractivity contribution in [1.29, 1.82) is 0 Å². The van der Waals surface area contributed by atoms with E-state index in [4.69, 9.17) is 4.74 Å². The molecule has 148 valence electrons. The Kier molecular flexibility index (Phi) is 7.70. The lowest BCUT2D eigenvalue weighted by molar-refractivity contribution is 0.409. The van der Waals surface area contributed by atoms with Gasteiger partial charge in [0.2, 0.25) is 0 Å². The number of nitrogens with one attached hydrogen (secondary N) is 2. The summed E-state index contributed by atoms with van der Waals surface area (Å²) in [4.78, 5) is 4.35. The molecule has 6 heteroatoms. The fourth-order valence-electron chi connectivity index (χ4n) is 3.41. The molecule has 0 fully saturated rings. The minimum Gasteiger partial charge on any atom is -0.496 e. The second-order valence-electron chi connectivity index (χ2n) is 6.62. The minimum absolute atomic E-state index is 0.730. The van der Waals surface area contributed by atoms with Crippen LogP contribution in [0.15, 0.2) is 23.2 Å². The molecule has 1 aromatic heterocycles. The molecular formula is C21H33N5O. The average molecular weight is 372 g/mol. The van der Waals surface area contributed by atoms with Gasteiger partial charge in [-0.3, -0.25) is 9.67 Å². The summed E-state index contributed by atoms with van der Waals surface area (Å²) in [7, 11) is 5.53. The molecule has 0 atom stereocenters. The molecule has 1 heterocycles. The minimum atomic E-state index is 0.730. The number of hydrogen-bond acceptors (Lipinski definition) is 3. The van der Waals surface area contributed by atoms with Crippen LogP contribution >= 0.6 is 0 Å². The Morgan fingerprint density at radius 1 is 1.22 bits per heavy atom. The van der Waals surface area contributed by atoms with Crippen LogP contribution in [0.3, 0.4) is 0 Å². The Bertz CT molecular complexity index is 779. The van der Waals surface area contributed by atoms with E-state index in [0.29, 0.717) is 0 Å². The number of rotatable bonds is 8. The van der Waals surface area contributed by atoms with Crippen LogP contribution in [0.4, 0.5) is 0 Å². The maximum Gasteiger partial charge on any atom is 0.191 e. The van der Waals surface area contributed by atoms with Crippen molar-refractivity contribution in [2.24, 2.45) is 12.0 Å². The third kappa shape index (κ3) is 5.25. The van der Waals surface area contributed by atoms with Crippen LogP contribution in [-0.2, 0) is 32.9 Å². The molecule has 0 radical (unpaired) electrons. The van der Waals surface area contributed by atoms with Gasteiger partial charge in [0.05, 0.1) is 12.8 Å². The maximum atomic E-state index is 5.46. The summed E-state index contributed by atoms with van der Waals surface area (Å²) in [5, 5.41) is 11.5. The third-order valence-electron chi connectivity index (χ3n) is 4.81. The standard InChI is InChI=1S/C21H33N5O/c1-7-18-17(19(8-2)26(5)25-18)14-24-21(22-4)23-12-11-16-13-15(3)9-10-20(16)27-6/h9-10,13H,7-8,11-12,14H2,1-6H3,(H2,22,23,24). The molecule has 0 bridgehead atoms. The van der Waals surface area contributed by atoms with Gasteiger partial charge >= 0.3 is 0 Å². The van der Waals surface area contributed by atoms with Crippen LogP contribution in [0.25, 0.3) is 0 Å². The fourth-order valence-corrected chi connectivity index (χ4v) is 3.41. The summed E-state index contributed by atoms with van der Waals surface area (Å²) in [6, 6.07) is 6.27. The SMILES string of the molecule is CCc1nn(C)c(CC)c1CNC(=NC)NCCc1cc(C)ccc1OC. The highest BCUT2D eigenvalue weighted by Crippen LogP contribution is 2.19. The van der Waals surface area contributed by atoms with Gasteiger partial charge in [0.1, 0.15) is 5.75 Å². The molecule has 2 aromatic rings. The van der Waals surface area contributed by atoms with Gasteiger partial charge in [-0.05, 0) is 37.8 Å². The Morgan fingerprint density at radius 3 is 2.63 bits per heavy atom. The zero-order valence-corrected chi connectivity index (χ0v) is 17.5. The first-order chi connectivity index (χ1) is 13.0. The Morgan fingerprint density at radius 2 is 2.00 bits per heavy atom. The van der Waals surface area contributed by atoms with Crippen molar-refractivity contribution in [3.63, 3.8) is 0 Å². The molecule has 0 aliphatic carbocycles. The highest BCUT2D eigenvalue weighted by molar-refractivity contribution is 5.79. The molecule has 2 rings (SSSR count). The quantitative estimate of drug-likeness (QED) is 0.553. The van der Waals surface area contributed by atoms with Crippen molar-refractivity contribution in [1.82, 2.24) is 20.4 Å². The van der Waals surface area contributed by atoms with E-state index in [0.717, 1.165) is 49.8 Å². The zero-order valence-electron chi connectivity index (χ0n) is 17.5. The third-order valence-corrected chi connectivity index (χ3v) is 4.81. The molecule has 0 unspecified atom stereocenters. The van der Waals surface area contributed by atoms with E-state index < -0.39 is 0 Å². The van der Waals surface area contributed by atoms with E-state index >= 15 is 0 Å². The van der Waals surface area contributed by atoms with Gasteiger partial charge in [-0.1, -0.05) is 31.5 Å². The van der Waals surface area contributed by atoms with Crippen molar-refractivity contribution < 1.29 is 4.74 Å². The molecule has 0 aliphatic rings.